The third-order valence-electron chi connectivity index (χ3n) is 5.35. The Morgan fingerprint density at radius 3 is 2.62 bits per heavy atom. The van der Waals surface area contributed by atoms with Gasteiger partial charge in [0.05, 0.1) is 0 Å². The Bertz CT molecular complexity index is 1020. The molecule has 1 heterocycles. The standard InChI is InChI=1S/C21H21NO2/c1-3-22-17(10-7-14-5-4-6-19(14)23)13(2)21-16-9-12-20(24)15(16)8-11-18(21)22/h7-8,10-11H,2-6,9,12H2,1H3/b14-7+,17-10+. The van der Waals surface area contributed by atoms with Crippen LogP contribution in [0.3, 0.4) is 0 Å². The molecule has 0 amide bonds. The fraction of sp³-hybridized carbons (Fsp3) is 0.333. The summed E-state index contributed by atoms with van der Waals surface area (Å²) in [5, 5.41) is 3.15. The topological polar surface area (TPSA) is 39.1 Å². The Morgan fingerprint density at radius 1 is 1.08 bits per heavy atom. The minimum atomic E-state index is 0.236. The lowest BCUT2D eigenvalue weighted by Gasteiger charge is -2.04. The first-order chi connectivity index (χ1) is 11.6. The molecule has 1 fully saturated rings. The molecule has 2 aromatic rings. The van der Waals surface area contributed by atoms with Crippen LogP contribution >= 0.6 is 0 Å². The van der Waals surface area contributed by atoms with Gasteiger partial charge in [-0.05, 0) is 55.5 Å². The van der Waals surface area contributed by atoms with Crippen molar-refractivity contribution in [3.63, 3.8) is 0 Å². The van der Waals surface area contributed by atoms with Crippen LogP contribution in [0.25, 0.3) is 23.6 Å². The highest BCUT2D eigenvalue weighted by Gasteiger charge is 2.23. The van der Waals surface area contributed by atoms with E-state index in [1.807, 2.05) is 24.3 Å². The predicted octanol–water partition coefficient (Wildman–Crippen LogP) is 2.66. The third kappa shape index (κ3) is 2.11. The van der Waals surface area contributed by atoms with E-state index in [2.05, 4.69) is 18.1 Å². The molecule has 0 radical (unpaired) electrons. The summed E-state index contributed by atoms with van der Waals surface area (Å²) in [6.45, 7) is 7.26. The number of aryl methyl sites for hydroxylation is 2. The van der Waals surface area contributed by atoms with Crippen molar-refractivity contribution in [3.8, 4) is 0 Å². The van der Waals surface area contributed by atoms with Gasteiger partial charge in [-0.2, -0.15) is 0 Å². The number of Topliss-reactive ketones (excluding diaryl/α,β-unsaturated/α-hetero) is 2. The summed E-state index contributed by atoms with van der Waals surface area (Å²) in [6.07, 6.45) is 7.91. The molecule has 1 aromatic carbocycles. The number of carbonyl (C=O) groups excluding carboxylic acids is 2. The van der Waals surface area contributed by atoms with E-state index in [1.165, 1.54) is 0 Å². The van der Waals surface area contributed by atoms with Gasteiger partial charge in [0.1, 0.15) is 0 Å². The van der Waals surface area contributed by atoms with E-state index in [1.54, 1.807) is 0 Å². The second-order valence-corrected chi connectivity index (χ2v) is 6.65. The number of rotatable bonds is 2. The number of allylic oxidation sites excluding steroid dienone is 2. The van der Waals surface area contributed by atoms with Gasteiger partial charge in [-0.15, -0.1) is 0 Å². The Morgan fingerprint density at radius 2 is 1.92 bits per heavy atom. The summed E-state index contributed by atoms with van der Waals surface area (Å²) in [5.74, 6) is 0.502. The van der Waals surface area contributed by atoms with Gasteiger partial charge in [-0.25, -0.2) is 0 Å². The minimum absolute atomic E-state index is 0.236. The monoisotopic (exact) mass is 319 g/mol. The van der Waals surface area contributed by atoms with Crippen molar-refractivity contribution in [3.05, 3.63) is 45.5 Å². The molecule has 0 bridgehead atoms. The van der Waals surface area contributed by atoms with Gasteiger partial charge in [0.2, 0.25) is 0 Å². The van der Waals surface area contributed by atoms with Gasteiger partial charge < -0.3 is 4.57 Å². The predicted molar refractivity (Wildman–Crippen MR) is 96.4 cm³/mol. The van der Waals surface area contributed by atoms with Gasteiger partial charge in [0, 0.05) is 46.4 Å². The molecule has 1 aromatic heterocycles. The summed E-state index contributed by atoms with van der Waals surface area (Å²) in [5.41, 5.74) is 4.06. The molecule has 24 heavy (non-hydrogen) atoms. The van der Waals surface area contributed by atoms with Crippen LogP contribution < -0.4 is 10.6 Å². The van der Waals surface area contributed by atoms with Gasteiger partial charge >= 0.3 is 0 Å². The van der Waals surface area contributed by atoms with Gasteiger partial charge in [-0.3, -0.25) is 9.59 Å². The number of benzene rings is 1. The molecule has 0 N–H and O–H groups in total. The number of aromatic nitrogens is 1. The molecular formula is C21H21NO2. The van der Waals surface area contributed by atoms with Crippen LogP contribution in [-0.4, -0.2) is 16.1 Å². The summed E-state index contributed by atoms with van der Waals surface area (Å²) < 4.78 is 2.23. The maximum atomic E-state index is 12.0. The largest absolute Gasteiger partial charge is 0.341 e. The molecule has 0 spiro atoms. The summed E-state index contributed by atoms with van der Waals surface area (Å²) >= 11 is 0. The quantitative estimate of drug-likeness (QED) is 0.798. The molecule has 0 unspecified atom stereocenters. The number of carbonyl (C=O) groups is 2. The Hall–Kier alpha value is -2.42. The highest BCUT2D eigenvalue weighted by Crippen LogP contribution is 2.27. The summed E-state index contributed by atoms with van der Waals surface area (Å²) in [7, 11) is 0. The molecule has 0 saturated heterocycles. The molecule has 3 heteroatoms. The van der Waals surface area contributed by atoms with Crippen molar-refractivity contribution in [1.82, 2.24) is 4.57 Å². The first-order valence-electron chi connectivity index (χ1n) is 8.72. The van der Waals surface area contributed by atoms with Crippen molar-refractivity contribution in [1.29, 1.82) is 0 Å². The molecule has 2 aliphatic carbocycles. The fourth-order valence-corrected chi connectivity index (χ4v) is 4.14. The van der Waals surface area contributed by atoms with Crippen molar-refractivity contribution in [2.45, 2.75) is 45.6 Å². The molecular weight excluding hydrogens is 298 g/mol. The first kappa shape index (κ1) is 15.1. The molecule has 2 aliphatic rings. The first-order valence-corrected chi connectivity index (χ1v) is 8.72. The molecule has 1 saturated carbocycles. The number of ketones is 2. The molecule has 3 nitrogen and oxygen atoms in total. The second kappa shape index (κ2) is 5.59. The van der Waals surface area contributed by atoms with Gasteiger partial charge in [-0.1, -0.05) is 12.7 Å². The minimum Gasteiger partial charge on any atom is -0.341 e. The lowest BCUT2D eigenvalue weighted by Crippen LogP contribution is -2.27. The Labute approximate surface area is 141 Å². The van der Waals surface area contributed by atoms with Crippen molar-refractivity contribution < 1.29 is 9.59 Å². The van der Waals surface area contributed by atoms with E-state index >= 15 is 0 Å². The number of hydrogen-bond donors (Lipinski definition) is 0. The van der Waals surface area contributed by atoms with Crippen molar-refractivity contribution in [2.75, 3.05) is 0 Å². The van der Waals surface area contributed by atoms with E-state index in [-0.39, 0.29) is 11.6 Å². The molecule has 0 atom stereocenters. The summed E-state index contributed by atoms with van der Waals surface area (Å²) in [4.78, 5) is 23.9. The van der Waals surface area contributed by atoms with Gasteiger partial charge in [0.25, 0.3) is 0 Å². The number of nitrogens with zero attached hydrogens (tertiary/aromatic N) is 1. The number of hydrogen-bond acceptors (Lipinski definition) is 2. The maximum Gasteiger partial charge on any atom is 0.163 e. The van der Waals surface area contributed by atoms with Crippen LogP contribution in [0, 0.1) is 0 Å². The fourth-order valence-electron chi connectivity index (χ4n) is 4.14. The van der Waals surface area contributed by atoms with Crippen molar-refractivity contribution >= 4 is 35.1 Å². The Balaban J connectivity index is 2.00. The molecule has 4 rings (SSSR count). The van der Waals surface area contributed by atoms with Crippen LogP contribution in [0.5, 0.6) is 0 Å². The molecule has 122 valence electrons. The average Bonchev–Trinajstić information content (AvgIpc) is 3.23. The second-order valence-electron chi connectivity index (χ2n) is 6.65. The normalized spacial score (nSPS) is 19.9. The van der Waals surface area contributed by atoms with E-state index in [4.69, 9.17) is 0 Å². The van der Waals surface area contributed by atoms with Crippen molar-refractivity contribution in [2.24, 2.45) is 0 Å². The third-order valence-corrected chi connectivity index (χ3v) is 5.35. The number of fused-ring (bicyclic) bond motifs is 3. The molecule has 0 aliphatic heterocycles. The average molecular weight is 319 g/mol. The highest BCUT2D eigenvalue weighted by atomic mass is 16.1. The lowest BCUT2D eigenvalue weighted by atomic mass is 10.0. The lowest BCUT2D eigenvalue weighted by molar-refractivity contribution is -0.114. The maximum absolute atomic E-state index is 12.0. The van der Waals surface area contributed by atoms with E-state index < -0.39 is 0 Å². The zero-order valence-corrected chi connectivity index (χ0v) is 14.0. The highest BCUT2D eigenvalue weighted by molar-refractivity contribution is 6.05. The van der Waals surface area contributed by atoms with Crippen LogP contribution in [-0.2, 0) is 17.8 Å². The smallest absolute Gasteiger partial charge is 0.163 e. The van der Waals surface area contributed by atoms with Crippen LogP contribution in [0.4, 0.5) is 0 Å². The zero-order valence-electron chi connectivity index (χ0n) is 14.0. The summed E-state index contributed by atoms with van der Waals surface area (Å²) in [6, 6.07) is 4.00. The van der Waals surface area contributed by atoms with E-state index in [9.17, 15) is 9.59 Å². The van der Waals surface area contributed by atoms with Crippen LogP contribution in [0.15, 0.2) is 23.8 Å². The Kier molecular flexibility index (Phi) is 3.52. The van der Waals surface area contributed by atoms with Gasteiger partial charge in [0.15, 0.2) is 11.6 Å². The SMILES string of the molecule is C=c1/c(=C\C=C2/CCCC2=O)n(CC)c2ccc3c(c12)CCC3=O. The van der Waals surface area contributed by atoms with E-state index in [0.29, 0.717) is 12.8 Å². The van der Waals surface area contributed by atoms with Crippen LogP contribution in [0.1, 0.15) is 48.5 Å². The zero-order chi connectivity index (χ0) is 16.8. The van der Waals surface area contributed by atoms with E-state index in [0.717, 1.165) is 64.0 Å². The van der Waals surface area contributed by atoms with Crippen LogP contribution in [0.2, 0.25) is 0 Å².